The quantitative estimate of drug-likeness (QED) is 0.522. The Morgan fingerprint density at radius 3 is 2.61 bits per heavy atom. The van der Waals surface area contributed by atoms with Crippen LogP contribution in [0.2, 0.25) is 0 Å². The number of ether oxygens (including phenoxy) is 1. The molecule has 2 heterocycles. The van der Waals surface area contributed by atoms with E-state index in [4.69, 9.17) is 10.5 Å². The Labute approximate surface area is 165 Å². The molecule has 0 fully saturated rings. The Hall–Kier alpha value is -2.98. The number of phenolic OH excluding ortho intramolecular Hbond substituents is 1. The zero-order valence-corrected chi connectivity index (χ0v) is 15.9. The average molecular weight is 372 g/mol. The van der Waals surface area contributed by atoms with E-state index in [-0.39, 0.29) is 17.8 Å². The predicted molar refractivity (Wildman–Crippen MR) is 111 cm³/mol. The summed E-state index contributed by atoms with van der Waals surface area (Å²) in [5.41, 5.74) is 12.9. The van der Waals surface area contributed by atoms with Crippen LogP contribution in [0.4, 0.5) is 5.69 Å². The molecule has 2 aliphatic heterocycles. The van der Waals surface area contributed by atoms with Crippen molar-refractivity contribution in [3.05, 3.63) is 88.5 Å². The number of anilines is 1. The lowest BCUT2D eigenvalue weighted by Gasteiger charge is -2.47. The van der Waals surface area contributed by atoms with Crippen molar-refractivity contribution in [2.45, 2.75) is 24.9 Å². The number of benzene rings is 3. The largest absolute Gasteiger partial charge is 0.506 e. The van der Waals surface area contributed by atoms with E-state index >= 15 is 0 Å². The lowest BCUT2D eigenvalue weighted by Crippen LogP contribution is -2.43. The smallest absolute Gasteiger partial charge is 0.138 e. The van der Waals surface area contributed by atoms with Crippen molar-refractivity contribution < 1.29 is 9.84 Å². The van der Waals surface area contributed by atoms with Gasteiger partial charge in [-0.15, -0.1) is 0 Å². The van der Waals surface area contributed by atoms with Crippen LogP contribution in [-0.2, 0) is 12.8 Å². The van der Waals surface area contributed by atoms with Crippen LogP contribution in [0.3, 0.4) is 0 Å². The number of phenols is 1. The van der Waals surface area contributed by atoms with Crippen molar-refractivity contribution in [3.63, 3.8) is 0 Å². The van der Waals surface area contributed by atoms with Gasteiger partial charge in [-0.2, -0.15) is 0 Å². The number of fused-ring (bicyclic) bond motifs is 4. The summed E-state index contributed by atoms with van der Waals surface area (Å²) in [6.45, 7) is 0.977. The van der Waals surface area contributed by atoms with Gasteiger partial charge in [0.1, 0.15) is 11.5 Å². The zero-order valence-electron chi connectivity index (χ0n) is 15.9. The molecule has 142 valence electrons. The topological polar surface area (TPSA) is 58.7 Å². The monoisotopic (exact) mass is 372 g/mol. The Kier molecular flexibility index (Phi) is 4.02. The van der Waals surface area contributed by atoms with Crippen LogP contribution < -0.4 is 10.5 Å². The van der Waals surface area contributed by atoms with Crippen molar-refractivity contribution >= 4 is 5.69 Å². The highest BCUT2D eigenvalue weighted by Gasteiger charge is 2.39. The summed E-state index contributed by atoms with van der Waals surface area (Å²) < 4.78 is 5.43. The fourth-order valence-corrected chi connectivity index (χ4v) is 4.86. The lowest BCUT2D eigenvalue weighted by atomic mass is 9.78. The zero-order chi connectivity index (χ0) is 19.3. The maximum atomic E-state index is 10.2. The first-order chi connectivity index (χ1) is 13.7. The van der Waals surface area contributed by atoms with Gasteiger partial charge < -0.3 is 15.6 Å². The molecule has 0 aliphatic carbocycles. The predicted octanol–water partition coefficient (Wildman–Crippen LogP) is 4.23. The van der Waals surface area contributed by atoms with Crippen LogP contribution in [0.5, 0.6) is 11.5 Å². The molecule has 4 heteroatoms. The Balaban J connectivity index is 1.68. The van der Waals surface area contributed by atoms with E-state index < -0.39 is 0 Å². The lowest BCUT2D eigenvalue weighted by molar-refractivity contribution is 0.129. The van der Waals surface area contributed by atoms with Crippen LogP contribution >= 0.6 is 0 Å². The molecular weight excluding hydrogens is 348 g/mol. The second kappa shape index (κ2) is 6.57. The molecule has 2 aliphatic rings. The normalized spacial score (nSPS) is 20.8. The highest BCUT2D eigenvalue weighted by Crippen LogP contribution is 2.48. The van der Waals surface area contributed by atoms with Gasteiger partial charge >= 0.3 is 0 Å². The molecule has 2 atom stereocenters. The van der Waals surface area contributed by atoms with E-state index in [0.717, 1.165) is 25.1 Å². The minimum atomic E-state index is 0.133. The summed E-state index contributed by atoms with van der Waals surface area (Å²) in [4.78, 5) is 2.59. The molecule has 0 radical (unpaired) electrons. The Morgan fingerprint density at radius 1 is 1.00 bits per heavy atom. The van der Waals surface area contributed by atoms with Crippen LogP contribution in [0, 0.1) is 0 Å². The molecule has 0 saturated carbocycles. The molecule has 0 saturated heterocycles. The fourth-order valence-electron chi connectivity index (χ4n) is 4.86. The number of hydrogen-bond donors (Lipinski definition) is 2. The van der Waals surface area contributed by atoms with Gasteiger partial charge in [0.05, 0.1) is 18.8 Å². The second-order valence-corrected chi connectivity index (χ2v) is 7.70. The van der Waals surface area contributed by atoms with Crippen molar-refractivity contribution in [1.82, 2.24) is 4.90 Å². The van der Waals surface area contributed by atoms with E-state index in [0.29, 0.717) is 5.69 Å². The molecule has 3 aromatic carbocycles. The van der Waals surface area contributed by atoms with Crippen LogP contribution in [0.25, 0.3) is 0 Å². The number of rotatable bonds is 2. The number of nitrogens with zero attached hydrogens (tertiary/aromatic N) is 1. The number of nitrogen functional groups attached to an aromatic ring is 1. The molecule has 3 N–H and O–H groups in total. The first kappa shape index (κ1) is 17.1. The van der Waals surface area contributed by atoms with Gasteiger partial charge in [-0.25, -0.2) is 0 Å². The fraction of sp³-hybridized carbons (Fsp3) is 0.250. The van der Waals surface area contributed by atoms with Gasteiger partial charge in [0.25, 0.3) is 0 Å². The maximum absolute atomic E-state index is 10.2. The van der Waals surface area contributed by atoms with Crippen LogP contribution in [0.1, 0.15) is 39.9 Å². The SMILES string of the molecule is COc1ccc2c(c1)CCN1C(c3ccccc3)c3cc(N)c(O)cc3C[C@@H]21. The summed E-state index contributed by atoms with van der Waals surface area (Å²) in [6, 6.07) is 21.2. The molecular formula is C24H24N2O2. The molecule has 0 aromatic heterocycles. The van der Waals surface area contributed by atoms with Crippen molar-refractivity contribution in [2.24, 2.45) is 0 Å². The molecule has 0 spiro atoms. The van der Waals surface area contributed by atoms with Gasteiger partial charge in [-0.05, 0) is 64.9 Å². The van der Waals surface area contributed by atoms with Crippen molar-refractivity contribution in [1.29, 1.82) is 0 Å². The number of aromatic hydroxyl groups is 1. The minimum absolute atomic E-state index is 0.133. The maximum Gasteiger partial charge on any atom is 0.138 e. The van der Waals surface area contributed by atoms with E-state index in [9.17, 15) is 5.11 Å². The highest BCUT2D eigenvalue weighted by atomic mass is 16.5. The molecule has 1 unspecified atom stereocenters. The summed E-state index contributed by atoms with van der Waals surface area (Å²) in [7, 11) is 1.71. The third-order valence-corrected chi connectivity index (χ3v) is 6.19. The van der Waals surface area contributed by atoms with Gasteiger partial charge in [0.15, 0.2) is 0 Å². The summed E-state index contributed by atoms with van der Waals surface area (Å²) in [5, 5.41) is 10.2. The van der Waals surface area contributed by atoms with Crippen LogP contribution in [-0.4, -0.2) is 23.7 Å². The number of methoxy groups -OCH3 is 1. The summed E-state index contributed by atoms with van der Waals surface area (Å²) in [5.74, 6) is 1.08. The van der Waals surface area contributed by atoms with Gasteiger partial charge in [-0.3, -0.25) is 4.90 Å². The van der Waals surface area contributed by atoms with E-state index in [1.54, 1.807) is 7.11 Å². The molecule has 0 bridgehead atoms. The molecule has 0 amide bonds. The third kappa shape index (κ3) is 2.64. The molecule has 3 aromatic rings. The summed E-state index contributed by atoms with van der Waals surface area (Å²) >= 11 is 0. The van der Waals surface area contributed by atoms with E-state index in [1.807, 2.05) is 18.2 Å². The van der Waals surface area contributed by atoms with Gasteiger partial charge in [-0.1, -0.05) is 36.4 Å². The second-order valence-electron chi connectivity index (χ2n) is 7.70. The Morgan fingerprint density at radius 2 is 1.82 bits per heavy atom. The number of hydrogen-bond acceptors (Lipinski definition) is 4. The van der Waals surface area contributed by atoms with Crippen molar-refractivity contribution in [3.8, 4) is 11.5 Å². The molecule has 28 heavy (non-hydrogen) atoms. The first-order valence-electron chi connectivity index (χ1n) is 9.74. The molecule has 5 rings (SSSR count). The first-order valence-corrected chi connectivity index (χ1v) is 9.74. The third-order valence-electron chi connectivity index (χ3n) is 6.19. The van der Waals surface area contributed by atoms with Crippen molar-refractivity contribution in [2.75, 3.05) is 19.4 Å². The van der Waals surface area contributed by atoms with Crippen LogP contribution in [0.15, 0.2) is 60.7 Å². The van der Waals surface area contributed by atoms with Gasteiger partial charge in [0.2, 0.25) is 0 Å². The Bertz CT molecular complexity index is 1030. The highest BCUT2D eigenvalue weighted by molar-refractivity contribution is 5.59. The minimum Gasteiger partial charge on any atom is -0.506 e. The van der Waals surface area contributed by atoms with E-state index in [1.165, 1.54) is 27.8 Å². The summed E-state index contributed by atoms with van der Waals surface area (Å²) in [6.07, 6.45) is 1.86. The van der Waals surface area contributed by atoms with E-state index in [2.05, 4.69) is 47.4 Å². The number of nitrogens with two attached hydrogens (primary N) is 1. The van der Waals surface area contributed by atoms with Gasteiger partial charge in [0, 0.05) is 12.6 Å². The standard InChI is InChI=1S/C24H24N2O2/c1-28-18-7-8-19-16(11-18)9-10-26-22(19)12-17-13-23(27)21(25)14-20(17)24(26)15-5-3-2-4-6-15/h2-8,11,13-14,22,24,27H,9-10,12,25H2,1H3/t22-,24?/m0/s1. The molecule has 4 nitrogen and oxygen atoms in total. The average Bonchev–Trinajstić information content (AvgIpc) is 2.73.